The van der Waals surface area contributed by atoms with E-state index in [1.165, 1.54) is 12.1 Å². The zero-order valence-electron chi connectivity index (χ0n) is 10.4. The van der Waals surface area contributed by atoms with Crippen LogP contribution in [-0.4, -0.2) is 11.0 Å². The van der Waals surface area contributed by atoms with Gasteiger partial charge in [-0.3, -0.25) is 4.98 Å². The number of urea groups is 1. The quantitative estimate of drug-likeness (QED) is 0.889. The molecule has 2 N–H and O–H groups in total. The SMILES string of the molecule is CC(NC(=O)Nc1ccccc1F)c1cccnc1. The number of aromatic nitrogens is 1. The molecule has 0 saturated carbocycles. The minimum atomic E-state index is -0.466. The first-order chi connectivity index (χ1) is 9.16. The van der Waals surface area contributed by atoms with Crippen molar-refractivity contribution < 1.29 is 9.18 Å². The zero-order chi connectivity index (χ0) is 13.7. The molecule has 1 aromatic carbocycles. The van der Waals surface area contributed by atoms with E-state index in [4.69, 9.17) is 0 Å². The Hall–Kier alpha value is -2.43. The molecule has 1 atom stereocenters. The number of hydrogen-bond acceptors (Lipinski definition) is 2. The number of halogens is 1. The Kier molecular flexibility index (Phi) is 4.07. The van der Waals surface area contributed by atoms with Crippen LogP contribution in [0.5, 0.6) is 0 Å². The lowest BCUT2D eigenvalue weighted by Crippen LogP contribution is -2.31. The largest absolute Gasteiger partial charge is 0.331 e. The van der Waals surface area contributed by atoms with Crippen LogP contribution in [-0.2, 0) is 0 Å². The summed E-state index contributed by atoms with van der Waals surface area (Å²) in [5.74, 6) is -0.466. The molecular formula is C14H14FN3O. The maximum Gasteiger partial charge on any atom is 0.319 e. The highest BCUT2D eigenvalue weighted by Gasteiger charge is 2.10. The summed E-state index contributed by atoms with van der Waals surface area (Å²) in [7, 11) is 0. The Morgan fingerprint density at radius 3 is 2.74 bits per heavy atom. The fourth-order valence-corrected chi connectivity index (χ4v) is 1.63. The Bertz CT molecular complexity index is 560. The highest BCUT2D eigenvalue weighted by Crippen LogP contribution is 2.13. The summed E-state index contributed by atoms with van der Waals surface area (Å²) in [6, 6.07) is 9.01. The lowest BCUT2D eigenvalue weighted by atomic mass is 10.1. The molecule has 0 spiro atoms. The molecule has 4 nitrogen and oxygen atoms in total. The van der Waals surface area contributed by atoms with Gasteiger partial charge in [-0.15, -0.1) is 0 Å². The van der Waals surface area contributed by atoms with Crippen molar-refractivity contribution in [3.8, 4) is 0 Å². The van der Waals surface area contributed by atoms with Gasteiger partial charge in [0.05, 0.1) is 11.7 Å². The topological polar surface area (TPSA) is 54.0 Å². The molecule has 1 unspecified atom stereocenters. The maximum absolute atomic E-state index is 13.4. The highest BCUT2D eigenvalue weighted by molar-refractivity contribution is 5.89. The summed E-state index contributed by atoms with van der Waals surface area (Å²) >= 11 is 0. The van der Waals surface area contributed by atoms with Crippen molar-refractivity contribution >= 4 is 11.7 Å². The smallest absolute Gasteiger partial charge is 0.319 e. The minimum Gasteiger partial charge on any atom is -0.331 e. The van der Waals surface area contributed by atoms with Crippen molar-refractivity contribution in [1.29, 1.82) is 0 Å². The molecule has 2 amide bonds. The standard InChI is InChI=1S/C14H14FN3O/c1-10(11-5-4-8-16-9-11)17-14(19)18-13-7-3-2-6-12(13)15/h2-10H,1H3,(H2,17,18,19). The molecule has 0 aliphatic heterocycles. The van der Waals surface area contributed by atoms with Gasteiger partial charge in [0.15, 0.2) is 0 Å². The summed E-state index contributed by atoms with van der Waals surface area (Å²) in [6.07, 6.45) is 3.34. The van der Waals surface area contributed by atoms with Crippen LogP contribution in [0.3, 0.4) is 0 Å². The van der Waals surface area contributed by atoms with Crippen LogP contribution in [0, 0.1) is 5.82 Å². The molecule has 1 heterocycles. The normalized spacial score (nSPS) is 11.7. The van der Waals surface area contributed by atoms with Crippen molar-refractivity contribution in [2.75, 3.05) is 5.32 Å². The van der Waals surface area contributed by atoms with Gasteiger partial charge in [-0.2, -0.15) is 0 Å². The molecule has 98 valence electrons. The average molecular weight is 259 g/mol. The number of nitrogens with zero attached hydrogens (tertiary/aromatic N) is 1. The number of hydrogen-bond donors (Lipinski definition) is 2. The third-order valence-electron chi connectivity index (χ3n) is 2.65. The molecule has 1 aromatic heterocycles. The second kappa shape index (κ2) is 5.95. The number of nitrogens with one attached hydrogen (secondary N) is 2. The maximum atomic E-state index is 13.4. The Labute approximate surface area is 110 Å². The fraction of sp³-hybridized carbons (Fsp3) is 0.143. The van der Waals surface area contributed by atoms with Crippen molar-refractivity contribution in [2.45, 2.75) is 13.0 Å². The first-order valence-electron chi connectivity index (χ1n) is 5.89. The van der Waals surface area contributed by atoms with E-state index in [2.05, 4.69) is 15.6 Å². The van der Waals surface area contributed by atoms with Crippen molar-refractivity contribution in [3.63, 3.8) is 0 Å². The van der Waals surface area contributed by atoms with Crippen LogP contribution in [0.4, 0.5) is 14.9 Å². The molecule has 2 aromatic rings. The molecule has 0 aliphatic rings. The molecule has 0 fully saturated rings. The average Bonchev–Trinajstić information content (AvgIpc) is 2.42. The minimum absolute atomic E-state index is 0.151. The molecule has 0 bridgehead atoms. The monoisotopic (exact) mass is 259 g/mol. The number of rotatable bonds is 3. The van der Waals surface area contributed by atoms with Gasteiger partial charge in [0.25, 0.3) is 0 Å². The molecular weight excluding hydrogens is 245 g/mol. The molecule has 19 heavy (non-hydrogen) atoms. The Morgan fingerprint density at radius 2 is 2.05 bits per heavy atom. The number of amides is 2. The second-order valence-corrected chi connectivity index (χ2v) is 4.09. The van der Waals surface area contributed by atoms with Crippen molar-refractivity contribution in [2.24, 2.45) is 0 Å². The number of anilines is 1. The van der Waals surface area contributed by atoms with Crippen LogP contribution in [0.1, 0.15) is 18.5 Å². The van der Waals surface area contributed by atoms with Crippen LogP contribution in [0.15, 0.2) is 48.8 Å². The van der Waals surface area contributed by atoms with Crippen molar-refractivity contribution in [3.05, 3.63) is 60.2 Å². The number of carbonyl (C=O) groups is 1. The summed E-state index contributed by atoms with van der Waals surface area (Å²) in [5.41, 5.74) is 1.03. The van der Waals surface area contributed by atoms with E-state index < -0.39 is 11.8 Å². The van der Waals surface area contributed by atoms with E-state index in [0.717, 1.165) is 5.56 Å². The van der Waals surface area contributed by atoms with E-state index >= 15 is 0 Å². The second-order valence-electron chi connectivity index (χ2n) is 4.09. The highest BCUT2D eigenvalue weighted by atomic mass is 19.1. The Morgan fingerprint density at radius 1 is 1.26 bits per heavy atom. The summed E-state index contributed by atoms with van der Waals surface area (Å²) in [5, 5.41) is 5.18. The first kappa shape index (κ1) is 13.0. The molecule has 0 aliphatic carbocycles. The lowest BCUT2D eigenvalue weighted by Gasteiger charge is -2.14. The summed E-state index contributed by atoms with van der Waals surface area (Å²) in [6.45, 7) is 1.83. The zero-order valence-corrected chi connectivity index (χ0v) is 10.4. The fourth-order valence-electron chi connectivity index (χ4n) is 1.63. The first-order valence-corrected chi connectivity index (χ1v) is 5.89. The van der Waals surface area contributed by atoms with Crippen LogP contribution in [0.25, 0.3) is 0 Å². The number of carbonyl (C=O) groups excluding carboxylic acids is 1. The molecule has 2 rings (SSSR count). The number of benzene rings is 1. The molecule has 5 heteroatoms. The summed E-state index contributed by atoms with van der Waals surface area (Å²) in [4.78, 5) is 15.7. The van der Waals surface area contributed by atoms with E-state index in [1.54, 1.807) is 30.6 Å². The third-order valence-corrected chi connectivity index (χ3v) is 2.65. The predicted octanol–water partition coefficient (Wildman–Crippen LogP) is 3.10. The predicted molar refractivity (Wildman–Crippen MR) is 71.2 cm³/mol. The van der Waals surface area contributed by atoms with Crippen LogP contribution in [0.2, 0.25) is 0 Å². The van der Waals surface area contributed by atoms with Crippen molar-refractivity contribution in [1.82, 2.24) is 10.3 Å². The van der Waals surface area contributed by atoms with Crippen LogP contribution >= 0.6 is 0 Å². The van der Waals surface area contributed by atoms with Crippen LogP contribution < -0.4 is 10.6 Å². The van der Waals surface area contributed by atoms with Gasteiger partial charge in [-0.1, -0.05) is 18.2 Å². The van der Waals surface area contributed by atoms with E-state index in [0.29, 0.717) is 0 Å². The van der Waals surface area contributed by atoms with Gasteiger partial charge in [0.1, 0.15) is 5.82 Å². The van der Waals surface area contributed by atoms with Gasteiger partial charge < -0.3 is 10.6 Å². The van der Waals surface area contributed by atoms with Gasteiger partial charge in [0, 0.05) is 12.4 Å². The van der Waals surface area contributed by atoms with E-state index in [-0.39, 0.29) is 11.7 Å². The number of pyridine rings is 1. The van der Waals surface area contributed by atoms with E-state index in [1.807, 2.05) is 13.0 Å². The van der Waals surface area contributed by atoms with Gasteiger partial charge >= 0.3 is 6.03 Å². The van der Waals surface area contributed by atoms with E-state index in [9.17, 15) is 9.18 Å². The van der Waals surface area contributed by atoms with Gasteiger partial charge in [-0.05, 0) is 30.7 Å². The van der Waals surface area contributed by atoms with Gasteiger partial charge in [0.2, 0.25) is 0 Å². The lowest BCUT2D eigenvalue weighted by molar-refractivity contribution is 0.249. The third kappa shape index (κ3) is 3.51. The number of para-hydroxylation sites is 1. The Balaban J connectivity index is 1.97. The molecule has 0 saturated heterocycles. The van der Waals surface area contributed by atoms with Gasteiger partial charge in [-0.25, -0.2) is 9.18 Å². The molecule has 0 radical (unpaired) electrons. The summed E-state index contributed by atoms with van der Waals surface area (Å²) < 4.78 is 13.4.